The molecule has 0 aliphatic rings. The van der Waals surface area contributed by atoms with Gasteiger partial charge >= 0.3 is 11.9 Å². The molecule has 0 radical (unpaired) electrons. The van der Waals surface area contributed by atoms with Crippen molar-refractivity contribution < 1.29 is 14.3 Å². The number of unbranched alkanes of at least 4 members (excludes halogenated alkanes) is 10. The van der Waals surface area contributed by atoms with Gasteiger partial charge in [-0.15, -0.1) is 0 Å². The van der Waals surface area contributed by atoms with Crippen LogP contribution < -0.4 is 0 Å². The van der Waals surface area contributed by atoms with Crippen molar-refractivity contribution in [2.24, 2.45) is 0 Å². The molecule has 0 fully saturated rings. The quantitative estimate of drug-likeness (QED) is 0.0476. The molecule has 0 aliphatic heterocycles. The lowest BCUT2D eigenvalue weighted by atomic mass is 10.1. The average molecular weight is 539 g/mol. The summed E-state index contributed by atoms with van der Waals surface area (Å²) >= 11 is 0. The van der Waals surface area contributed by atoms with E-state index < -0.39 is 0 Å². The lowest BCUT2D eigenvalue weighted by molar-refractivity contribution is -0.159. The van der Waals surface area contributed by atoms with E-state index in [9.17, 15) is 9.59 Å². The van der Waals surface area contributed by atoms with Crippen LogP contribution >= 0.6 is 0 Å². The summed E-state index contributed by atoms with van der Waals surface area (Å²) < 4.78 is 4.97. The summed E-state index contributed by atoms with van der Waals surface area (Å²) in [6, 6.07) is 0. The third-order valence-electron chi connectivity index (χ3n) is 6.29. The van der Waals surface area contributed by atoms with Crippen molar-refractivity contribution in [2.75, 3.05) is 0 Å². The van der Waals surface area contributed by atoms with Crippen LogP contribution in [0.2, 0.25) is 0 Å². The largest absolute Gasteiger partial charge is 0.393 e. The normalized spacial score (nSPS) is 12.5. The maximum atomic E-state index is 11.9. The number of carbonyl (C=O) groups is 2. The second-order valence-electron chi connectivity index (χ2n) is 10.0. The Morgan fingerprint density at radius 3 is 1.10 bits per heavy atom. The predicted octanol–water partition coefficient (Wildman–Crippen LogP) is 11.2. The molecular weight excluding hydrogens is 480 g/mol. The molecule has 0 saturated carbocycles. The number of rotatable bonds is 26. The van der Waals surface area contributed by atoms with Crippen LogP contribution in [0, 0.1) is 0 Å². The van der Waals surface area contributed by atoms with Crippen LogP contribution in [0.1, 0.15) is 142 Å². The van der Waals surface area contributed by atoms with Gasteiger partial charge in [0, 0.05) is 12.8 Å². The highest BCUT2D eigenvalue weighted by Gasteiger charge is 2.09. The first kappa shape index (κ1) is 36.6. The molecule has 0 aliphatic carbocycles. The van der Waals surface area contributed by atoms with Gasteiger partial charge in [-0.3, -0.25) is 9.59 Å². The molecule has 0 aromatic heterocycles. The average Bonchev–Trinajstić information content (AvgIpc) is 2.93. The molecule has 0 bridgehead atoms. The smallest absolute Gasteiger partial charge is 0.313 e. The summed E-state index contributed by atoms with van der Waals surface area (Å²) in [7, 11) is 0. The Hall–Kier alpha value is -2.42. The number of ether oxygens (including phenoxy) is 1. The van der Waals surface area contributed by atoms with Crippen LogP contribution in [0.25, 0.3) is 0 Å². The minimum atomic E-state index is -0.361. The Labute approximate surface area is 241 Å². The Balaban J connectivity index is 3.47. The Kier molecular flexibility index (Phi) is 29.8. The highest BCUT2D eigenvalue weighted by molar-refractivity contribution is 5.85. The molecule has 0 unspecified atom stereocenters. The van der Waals surface area contributed by atoms with E-state index in [0.29, 0.717) is 12.8 Å². The number of allylic oxidation sites excluding steroid dienone is 12. The number of hydrogen-bond acceptors (Lipinski definition) is 3. The highest BCUT2D eigenvalue weighted by atomic mass is 16.6. The van der Waals surface area contributed by atoms with E-state index in [4.69, 9.17) is 4.74 Å². The summed E-state index contributed by atoms with van der Waals surface area (Å²) in [5, 5.41) is 0. The van der Waals surface area contributed by atoms with Crippen LogP contribution in [0.15, 0.2) is 72.9 Å². The monoisotopic (exact) mass is 538 g/mol. The molecule has 0 saturated heterocycles. The summed E-state index contributed by atoms with van der Waals surface area (Å²) in [5.41, 5.74) is 0. The number of hydrogen-bond donors (Lipinski definition) is 0. The Bertz CT molecular complexity index is 674. The van der Waals surface area contributed by atoms with Crippen molar-refractivity contribution in [3.63, 3.8) is 0 Å². The van der Waals surface area contributed by atoms with Crippen molar-refractivity contribution >= 4 is 11.9 Å². The molecule has 0 rings (SSSR count). The van der Waals surface area contributed by atoms with Gasteiger partial charge in [0.1, 0.15) is 0 Å². The van der Waals surface area contributed by atoms with E-state index in [1.54, 1.807) is 0 Å². The van der Waals surface area contributed by atoms with Crippen LogP contribution in [0.4, 0.5) is 0 Å². The third kappa shape index (κ3) is 31.7. The van der Waals surface area contributed by atoms with Crippen molar-refractivity contribution in [1.82, 2.24) is 0 Å². The zero-order valence-corrected chi connectivity index (χ0v) is 25.3. The fourth-order valence-electron chi connectivity index (χ4n) is 4.01. The third-order valence-corrected chi connectivity index (χ3v) is 6.29. The van der Waals surface area contributed by atoms with Gasteiger partial charge in [0.2, 0.25) is 0 Å². The SMILES string of the molecule is CC/C=C\C/C=C\C/C=C\CCCCCCCC(=O)OC(=O)CCCCCCC/C=C\C/C=C\C/C=C\CC. The van der Waals surface area contributed by atoms with Gasteiger partial charge in [0.15, 0.2) is 0 Å². The Morgan fingerprint density at radius 1 is 0.410 bits per heavy atom. The first-order valence-electron chi connectivity index (χ1n) is 15.8. The molecule has 3 nitrogen and oxygen atoms in total. The van der Waals surface area contributed by atoms with E-state index in [2.05, 4.69) is 86.8 Å². The first-order chi connectivity index (χ1) is 19.2. The number of esters is 2. The van der Waals surface area contributed by atoms with E-state index in [1.165, 1.54) is 25.7 Å². The zero-order valence-electron chi connectivity index (χ0n) is 25.3. The minimum Gasteiger partial charge on any atom is -0.393 e. The maximum Gasteiger partial charge on any atom is 0.313 e. The first-order valence-corrected chi connectivity index (χ1v) is 15.8. The molecule has 220 valence electrons. The fourth-order valence-corrected chi connectivity index (χ4v) is 4.01. The molecule has 0 spiro atoms. The zero-order chi connectivity index (χ0) is 28.5. The van der Waals surface area contributed by atoms with Crippen molar-refractivity contribution in [2.45, 2.75) is 142 Å². The lowest BCUT2D eigenvalue weighted by Crippen LogP contribution is -2.11. The van der Waals surface area contributed by atoms with Gasteiger partial charge < -0.3 is 4.74 Å². The fraction of sp³-hybridized carbons (Fsp3) is 0.611. The van der Waals surface area contributed by atoms with E-state index in [-0.39, 0.29) is 11.9 Å². The number of carbonyl (C=O) groups excluding carboxylic acids is 2. The van der Waals surface area contributed by atoms with Crippen molar-refractivity contribution in [1.29, 1.82) is 0 Å². The summed E-state index contributed by atoms with van der Waals surface area (Å²) in [4.78, 5) is 23.7. The van der Waals surface area contributed by atoms with Gasteiger partial charge in [0.25, 0.3) is 0 Å². The van der Waals surface area contributed by atoms with Crippen LogP contribution in [-0.2, 0) is 14.3 Å². The van der Waals surface area contributed by atoms with Gasteiger partial charge in [-0.05, 0) is 77.0 Å². The summed E-state index contributed by atoms with van der Waals surface area (Å²) in [6.07, 6.45) is 46.5. The summed E-state index contributed by atoms with van der Waals surface area (Å²) in [5.74, 6) is -0.722. The summed E-state index contributed by atoms with van der Waals surface area (Å²) in [6.45, 7) is 4.30. The standard InChI is InChI=1S/C36H58O3/c1-3-5-7-9-11-13-15-17-19-21-23-25-27-29-31-33-35(37)39-36(38)34-32-30-28-26-24-22-20-18-16-14-12-10-8-6-4-2/h5-8,11-14,17-20H,3-4,9-10,15-16,21-34H2,1-2H3/b7-5-,8-6-,13-11-,14-12-,19-17-,20-18-. The van der Waals surface area contributed by atoms with Crippen molar-refractivity contribution in [3.8, 4) is 0 Å². The molecule has 0 heterocycles. The second-order valence-corrected chi connectivity index (χ2v) is 10.0. The molecular formula is C36H58O3. The predicted molar refractivity (Wildman–Crippen MR) is 170 cm³/mol. The van der Waals surface area contributed by atoms with E-state index >= 15 is 0 Å². The minimum absolute atomic E-state index is 0.352. The Morgan fingerprint density at radius 2 is 0.718 bits per heavy atom. The lowest BCUT2D eigenvalue weighted by Gasteiger charge is -2.04. The molecule has 0 amide bonds. The van der Waals surface area contributed by atoms with E-state index in [0.717, 1.165) is 89.9 Å². The van der Waals surface area contributed by atoms with Crippen LogP contribution in [-0.4, -0.2) is 11.9 Å². The molecule has 0 aromatic rings. The van der Waals surface area contributed by atoms with Crippen LogP contribution in [0.3, 0.4) is 0 Å². The topological polar surface area (TPSA) is 43.4 Å². The second kappa shape index (κ2) is 31.8. The molecule has 0 aromatic carbocycles. The molecule has 3 heteroatoms. The highest BCUT2D eigenvalue weighted by Crippen LogP contribution is 2.11. The van der Waals surface area contributed by atoms with Crippen molar-refractivity contribution in [3.05, 3.63) is 72.9 Å². The van der Waals surface area contributed by atoms with Gasteiger partial charge in [-0.1, -0.05) is 125 Å². The molecule has 0 N–H and O–H groups in total. The van der Waals surface area contributed by atoms with E-state index in [1.807, 2.05) is 0 Å². The van der Waals surface area contributed by atoms with Crippen LogP contribution in [0.5, 0.6) is 0 Å². The molecule has 39 heavy (non-hydrogen) atoms. The van der Waals surface area contributed by atoms with Gasteiger partial charge in [-0.2, -0.15) is 0 Å². The van der Waals surface area contributed by atoms with Gasteiger partial charge in [-0.25, -0.2) is 0 Å². The molecule has 0 atom stereocenters. The maximum absolute atomic E-state index is 11.9. The van der Waals surface area contributed by atoms with Gasteiger partial charge in [0.05, 0.1) is 0 Å².